The molecule has 3 heteroatoms. The van der Waals surface area contributed by atoms with Gasteiger partial charge in [0.15, 0.2) is 0 Å². The predicted octanol–water partition coefficient (Wildman–Crippen LogP) is 1.41. The Bertz CT molecular complexity index is 276. The van der Waals surface area contributed by atoms with E-state index in [4.69, 9.17) is 9.47 Å². The minimum absolute atomic E-state index is 0.156. The Hall–Kier alpha value is -0.410. The van der Waals surface area contributed by atoms with Gasteiger partial charge in [0.1, 0.15) is 5.78 Å². The van der Waals surface area contributed by atoms with Gasteiger partial charge in [0, 0.05) is 12.3 Å². The summed E-state index contributed by atoms with van der Waals surface area (Å²) in [5.74, 6) is 1.48. The van der Waals surface area contributed by atoms with Crippen LogP contribution in [0.5, 0.6) is 0 Å². The first-order valence-corrected chi connectivity index (χ1v) is 6.03. The van der Waals surface area contributed by atoms with Crippen molar-refractivity contribution in [2.45, 2.75) is 38.4 Å². The van der Waals surface area contributed by atoms with E-state index < -0.39 is 0 Å². The van der Waals surface area contributed by atoms with Crippen LogP contribution in [0.2, 0.25) is 0 Å². The van der Waals surface area contributed by atoms with Gasteiger partial charge in [-0.1, -0.05) is 6.92 Å². The van der Waals surface area contributed by atoms with Crippen molar-refractivity contribution < 1.29 is 14.3 Å². The molecule has 0 amide bonds. The van der Waals surface area contributed by atoms with Gasteiger partial charge >= 0.3 is 0 Å². The normalized spacial score (nSPS) is 49.9. The number of ketones is 1. The van der Waals surface area contributed by atoms with Crippen LogP contribution in [0.1, 0.15) is 26.2 Å². The summed E-state index contributed by atoms with van der Waals surface area (Å²) in [5.41, 5.74) is 0. The molecule has 0 radical (unpaired) electrons. The maximum atomic E-state index is 11.9. The molecule has 15 heavy (non-hydrogen) atoms. The minimum Gasteiger partial charge on any atom is -0.380 e. The summed E-state index contributed by atoms with van der Waals surface area (Å²) in [6.07, 6.45) is 3.64. The highest BCUT2D eigenvalue weighted by Crippen LogP contribution is 2.42. The van der Waals surface area contributed by atoms with Crippen LogP contribution in [0.15, 0.2) is 0 Å². The molecule has 3 nitrogen and oxygen atoms in total. The third kappa shape index (κ3) is 1.62. The summed E-state index contributed by atoms with van der Waals surface area (Å²) in [6, 6.07) is 0. The van der Waals surface area contributed by atoms with Gasteiger partial charge in [-0.25, -0.2) is 0 Å². The molecule has 1 saturated carbocycles. The van der Waals surface area contributed by atoms with Gasteiger partial charge in [-0.2, -0.15) is 0 Å². The van der Waals surface area contributed by atoms with Crippen LogP contribution < -0.4 is 0 Å². The van der Waals surface area contributed by atoms with Crippen LogP contribution in [0, 0.1) is 17.8 Å². The Labute approximate surface area is 90.1 Å². The van der Waals surface area contributed by atoms with Gasteiger partial charge in [0.05, 0.1) is 25.4 Å². The smallest absolute Gasteiger partial charge is 0.138 e. The van der Waals surface area contributed by atoms with Crippen LogP contribution in [0.4, 0.5) is 0 Å². The number of epoxide rings is 1. The van der Waals surface area contributed by atoms with E-state index in [2.05, 4.69) is 6.92 Å². The summed E-state index contributed by atoms with van der Waals surface area (Å²) in [5, 5.41) is 0. The molecule has 0 N–H and O–H groups in total. The maximum Gasteiger partial charge on any atom is 0.138 e. The Morgan fingerprint density at radius 2 is 2.20 bits per heavy atom. The van der Waals surface area contributed by atoms with Crippen LogP contribution in [0.3, 0.4) is 0 Å². The lowest BCUT2D eigenvalue weighted by Gasteiger charge is -2.21. The number of fused-ring (bicyclic) bond motifs is 2. The number of rotatable bonds is 0. The Morgan fingerprint density at radius 3 is 3.07 bits per heavy atom. The van der Waals surface area contributed by atoms with Gasteiger partial charge in [-0.3, -0.25) is 4.79 Å². The SMILES string of the molecule is C[C@@H]1[C@@H]2COC[C@@H]2C(=O)CCC[C@H]2O[C@@H]12. The molecule has 2 aliphatic heterocycles. The van der Waals surface area contributed by atoms with E-state index in [1.807, 2.05) is 0 Å². The lowest BCUT2D eigenvalue weighted by atomic mass is 9.80. The highest BCUT2D eigenvalue weighted by molar-refractivity contribution is 5.81. The highest BCUT2D eigenvalue weighted by Gasteiger charge is 2.50. The van der Waals surface area contributed by atoms with E-state index in [-0.39, 0.29) is 5.92 Å². The third-order valence-electron chi connectivity index (χ3n) is 4.27. The first kappa shape index (κ1) is 9.79. The van der Waals surface area contributed by atoms with Crippen molar-refractivity contribution >= 4 is 5.78 Å². The van der Waals surface area contributed by atoms with Crippen LogP contribution in [0.25, 0.3) is 0 Å². The van der Waals surface area contributed by atoms with Gasteiger partial charge in [-0.05, 0) is 24.7 Å². The number of Topliss-reactive ketones (excluding diaryl/α,β-unsaturated/α-hetero) is 1. The predicted molar refractivity (Wildman–Crippen MR) is 54.5 cm³/mol. The number of ether oxygens (including phenoxy) is 2. The van der Waals surface area contributed by atoms with Gasteiger partial charge in [0.2, 0.25) is 0 Å². The molecule has 0 unspecified atom stereocenters. The second-order valence-corrected chi connectivity index (χ2v) is 5.16. The minimum atomic E-state index is 0.156. The molecule has 0 bridgehead atoms. The molecule has 84 valence electrons. The molecule has 0 aromatic carbocycles. The largest absolute Gasteiger partial charge is 0.380 e. The monoisotopic (exact) mass is 210 g/mol. The maximum absolute atomic E-state index is 11.9. The second-order valence-electron chi connectivity index (χ2n) is 5.16. The van der Waals surface area contributed by atoms with Crippen LogP contribution >= 0.6 is 0 Å². The zero-order valence-electron chi connectivity index (χ0n) is 9.15. The van der Waals surface area contributed by atoms with Crippen molar-refractivity contribution in [3.05, 3.63) is 0 Å². The Balaban J connectivity index is 1.81. The fourth-order valence-corrected chi connectivity index (χ4v) is 3.18. The lowest BCUT2D eigenvalue weighted by Crippen LogP contribution is -2.29. The summed E-state index contributed by atoms with van der Waals surface area (Å²) in [6.45, 7) is 3.62. The van der Waals surface area contributed by atoms with E-state index >= 15 is 0 Å². The first-order valence-electron chi connectivity index (χ1n) is 6.03. The summed E-state index contributed by atoms with van der Waals surface area (Å²) in [4.78, 5) is 11.9. The molecule has 2 saturated heterocycles. The molecule has 1 aliphatic carbocycles. The average Bonchev–Trinajstić information content (AvgIpc) is 2.80. The molecule has 0 spiro atoms. The topological polar surface area (TPSA) is 38.8 Å². The van der Waals surface area contributed by atoms with Gasteiger partial charge in [0.25, 0.3) is 0 Å². The zero-order valence-corrected chi connectivity index (χ0v) is 9.15. The van der Waals surface area contributed by atoms with E-state index in [0.717, 1.165) is 25.9 Å². The van der Waals surface area contributed by atoms with Crippen molar-refractivity contribution in [2.75, 3.05) is 13.2 Å². The van der Waals surface area contributed by atoms with Crippen molar-refractivity contribution in [3.8, 4) is 0 Å². The number of carbonyl (C=O) groups excluding carboxylic acids is 1. The molecule has 0 aromatic heterocycles. The van der Waals surface area contributed by atoms with Gasteiger partial charge < -0.3 is 9.47 Å². The zero-order chi connectivity index (χ0) is 10.4. The molecule has 3 fully saturated rings. The molecule has 3 rings (SSSR count). The van der Waals surface area contributed by atoms with Crippen molar-refractivity contribution in [1.29, 1.82) is 0 Å². The average molecular weight is 210 g/mol. The fraction of sp³-hybridized carbons (Fsp3) is 0.917. The van der Waals surface area contributed by atoms with Crippen molar-refractivity contribution in [3.63, 3.8) is 0 Å². The van der Waals surface area contributed by atoms with Crippen molar-refractivity contribution in [1.82, 2.24) is 0 Å². The van der Waals surface area contributed by atoms with Gasteiger partial charge in [-0.15, -0.1) is 0 Å². The number of hydrogen-bond acceptors (Lipinski definition) is 3. The number of hydrogen-bond donors (Lipinski definition) is 0. The quantitative estimate of drug-likeness (QED) is 0.567. The molecule has 0 aromatic rings. The standard InChI is InChI=1S/C12H18O3/c1-7-8-5-14-6-9(8)10(13)3-2-4-11-12(7)15-11/h7-9,11-12H,2-6H2,1H3/t7-,8+,9+,11-,12+/m1/s1. The van der Waals surface area contributed by atoms with E-state index in [1.54, 1.807) is 0 Å². The van der Waals surface area contributed by atoms with Crippen LogP contribution in [-0.2, 0) is 14.3 Å². The second kappa shape index (κ2) is 3.56. The fourth-order valence-electron chi connectivity index (χ4n) is 3.18. The Kier molecular flexibility index (Phi) is 2.33. The number of carbonyl (C=O) groups is 1. The lowest BCUT2D eigenvalue weighted by molar-refractivity contribution is -0.124. The molecular weight excluding hydrogens is 192 g/mol. The third-order valence-corrected chi connectivity index (χ3v) is 4.27. The summed E-state index contributed by atoms with van der Waals surface area (Å²) in [7, 11) is 0. The molecule has 5 atom stereocenters. The highest BCUT2D eigenvalue weighted by atomic mass is 16.6. The van der Waals surface area contributed by atoms with E-state index in [0.29, 0.717) is 36.4 Å². The molecular formula is C12H18O3. The van der Waals surface area contributed by atoms with E-state index in [1.165, 1.54) is 0 Å². The van der Waals surface area contributed by atoms with E-state index in [9.17, 15) is 4.79 Å². The first-order chi connectivity index (χ1) is 7.27. The summed E-state index contributed by atoms with van der Waals surface area (Å²) < 4.78 is 11.2. The molecule has 2 heterocycles. The van der Waals surface area contributed by atoms with Crippen molar-refractivity contribution in [2.24, 2.45) is 17.8 Å². The van der Waals surface area contributed by atoms with Crippen LogP contribution in [-0.4, -0.2) is 31.2 Å². The molecule has 3 aliphatic rings. The summed E-state index contributed by atoms with van der Waals surface area (Å²) >= 11 is 0. The Morgan fingerprint density at radius 1 is 1.33 bits per heavy atom.